The molecule has 0 unspecified atom stereocenters. The van der Waals surface area contributed by atoms with Crippen molar-refractivity contribution < 1.29 is 4.42 Å². The highest BCUT2D eigenvalue weighted by molar-refractivity contribution is 9.10. The minimum absolute atomic E-state index is 0.301. The van der Waals surface area contributed by atoms with Crippen LogP contribution < -0.4 is 11.1 Å². The first-order valence-electron chi connectivity index (χ1n) is 5.92. The molecular weight excluding hydrogens is 318 g/mol. The van der Waals surface area contributed by atoms with Crippen LogP contribution in [0.3, 0.4) is 0 Å². The molecule has 5 heteroatoms. The van der Waals surface area contributed by atoms with Crippen LogP contribution in [0, 0.1) is 11.3 Å². The van der Waals surface area contributed by atoms with Crippen molar-refractivity contribution in [2.45, 2.75) is 0 Å². The molecule has 1 aromatic heterocycles. The van der Waals surface area contributed by atoms with Crippen molar-refractivity contribution in [1.82, 2.24) is 0 Å². The fraction of sp³-hybridized carbons (Fsp3) is 0. The van der Waals surface area contributed by atoms with Crippen molar-refractivity contribution in [2.24, 2.45) is 0 Å². The van der Waals surface area contributed by atoms with Gasteiger partial charge < -0.3 is 15.5 Å². The van der Waals surface area contributed by atoms with Gasteiger partial charge in [-0.3, -0.25) is 0 Å². The van der Waals surface area contributed by atoms with Crippen LogP contribution in [0.2, 0.25) is 0 Å². The van der Waals surface area contributed by atoms with E-state index in [2.05, 4.69) is 27.3 Å². The van der Waals surface area contributed by atoms with E-state index in [0.717, 1.165) is 15.5 Å². The number of rotatable bonds is 2. The summed E-state index contributed by atoms with van der Waals surface area (Å²) in [7, 11) is 0. The number of fused-ring (bicyclic) bond motifs is 1. The molecule has 3 N–H and O–H groups in total. The maximum atomic E-state index is 8.90. The Morgan fingerprint density at radius 2 is 2.05 bits per heavy atom. The van der Waals surface area contributed by atoms with Gasteiger partial charge >= 0.3 is 0 Å². The van der Waals surface area contributed by atoms with Gasteiger partial charge in [-0.15, -0.1) is 0 Å². The number of nitrogens with two attached hydrogens (primary N) is 1. The van der Waals surface area contributed by atoms with Crippen LogP contribution in [0.25, 0.3) is 11.0 Å². The Morgan fingerprint density at radius 3 is 2.80 bits per heavy atom. The summed E-state index contributed by atoms with van der Waals surface area (Å²) >= 11 is 3.42. The number of halogens is 1. The standard InChI is InChI=1S/C15H10BrN3O/c16-10-2-1-3-11(7-10)19-14-12-5-4-9(8-17)6-13(12)20-15(14)18/h1-7,19H,18H2. The molecule has 0 aliphatic heterocycles. The quantitative estimate of drug-likeness (QED) is 0.731. The van der Waals surface area contributed by atoms with Gasteiger partial charge in [-0.2, -0.15) is 5.26 Å². The van der Waals surface area contributed by atoms with Crippen molar-refractivity contribution in [2.75, 3.05) is 11.1 Å². The van der Waals surface area contributed by atoms with Crippen LogP contribution in [0.5, 0.6) is 0 Å². The molecule has 0 fully saturated rings. The second kappa shape index (κ2) is 4.91. The van der Waals surface area contributed by atoms with Crippen LogP contribution in [0.15, 0.2) is 51.4 Å². The molecule has 0 amide bonds. The highest BCUT2D eigenvalue weighted by atomic mass is 79.9. The van der Waals surface area contributed by atoms with Crippen LogP contribution >= 0.6 is 15.9 Å². The Kier molecular flexibility index (Phi) is 3.09. The number of furan rings is 1. The molecule has 4 nitrogen and oxygen atoms in total. The number of nitrogens with zero attached hydrogens (tertiary/aromatic N) is 1. The second-order valence-corrected chi connectivity index (χ2v) is 5.22. The number of nitriles is 1. The summed E-state index contributed by atoms with van der Waals surface area (Å²) in [4.78, 5) is 0. The number of nitrogen functional groups attached to an aromatic ring is 1. The number of anilines is 3. The Hall–Kier alpha value is -2.45. The maximum absolute atomic E-state index is 8.90. The van der Waals surface area contributed by atoms with Crippen molar-refractivity contribution in [3.63, 3.8) is 0 Å². The van der Waals surface area contributed by atoms with Gasteiger partial charge in [0.05, 0.1) is 11.6 Å². The summed E-state index contributed by atoms with van der Waals surface area (Å²) in [5.41, 5.74) is 8.66. The lowest BCUT2D eigenvalue weighted by Gasteiger charge is -2.05. The number of nitrogens with one attached hydrogen (secondary N) is 1. The average Bonchev–Trinajstić information content (AvgIpc) is 2.74. The highest BCUT2D eigenvalue weighted by Gasteiger charge is 2.12. The van der Waals surface area contributed by atoms with Gasteiger partial charge in [-0.05, 0) is 36.4 Å². The highest BCUT2D eigenvalue weighted by Crippen LogP contribution is 2.35. The van der Waals surface area contributed by atoms with Crippen LogP contribution in [0.4, 0.5) is 17.3 Å². The number of hydrogen-bond acceptors (Lipinski definition) is 4. The second-order valence-electron chi connectivity index (χ2n) is 4.30. The summed E-state index contributed by atoms with van der Waals surface area (Å²) in [6, 6.07) is 15.1. The van der Waals surface area contributed by atoms with Gasteiger partial charge in [0.1, 0.15) is 11.3 Å². The smallest absolute Gasteiger partial charge is 0.215 e. The third-order valence-electron chi connectivity index (χ3n) is 2.94. The van der Waals surface area contributed by atoms with Crippen LogP contribution in [0.1, 0.15) is 5.56 Å². The summed E-state index contributed by atoms with van der Waals surface area (Å²) in [6.45, 7) is 0. The Bertz CT molecular complexity index is 833. The predicted molar refractivity (Wildman–Crippen MR) is 82.8 cm³/mol. The van der Waals surface area contributed by atoms with E-state index in [0.29, 0.717) is 22.7 Å². The lowest BCUT2D eigenvalue weighted by Crippen LogP contribution is -1.93. The van der Waals surface area contributed by atoms with Gasteiger partial charge in [0.15, 0.2) is 0 Å². The largest absolute Gasteiger partial charge is 0.439 e. The molecule has 0 saturated heterocycles. The third kappa shape index (κ3) is 2.22. The van der Waals surface area contributed by atoms with Crippen molar-refractivity contribution in [3.8, 4) is 6.07 Å². The molecule has 3 rings (SSSR count). The summed E-state index contributed by atoms with van der Waals surface area (Å²) < 4.78 is 6.47. The lowest BCUT2D eigenvalue weighted by molar-refractivity contribution is 0.638. The first-order valence-corrected chi connectivity index (χ1v) is 6.71. The topological polar surface area (TPSA) is 75.0 Å². The number of benzene rings is 2. The van der Waals surface area contributed by atoms with E-state index >= 15 is 0 Å². The SMILES string of the molecule is N#Cc1ccc2c(Nc3cccc(Br)c3)c(N)oc2c1. The number of hydrogen-bond donors (Lipinski definition) is 2. The molecule has 0 aliphatic carbocycles. The van der Waals surface area contributed by atoms with Crippen LogP contribution in [-0.2, 0) is 0 Å². The van der Waals surface area contributed by atoms with E-state index in [-0.39, 0.29) is 0 Å². The molecule has 0 atom stereocenters. The third-order valence-corrected chi connectivity index (χ3v) is 3.43. The molecule has 20 heavy (non-hydrogen) atoms. The average molecular weight is 328 g/mol. The molecular formula is C15H10BrN3O. The van der Waals surface area contributed by atoms with E-state index in [1.807, 2.05) is 30.3 Å². The molecule has 2 aromatic carbocycles. The monoisotopic (exact) mass is 327 g/mol. The van der Waals surface area contributed by atoms with E-state index < -0.39 is 0 Å². The summed E-state index contributed by atoms with van der Waals surface area (Å²) in [5.74, 6) is 0.301. The lowest BCUT2D eigenvalue weighted by atomic mass is 10.1. The maximum Gasteiger partial charge on any atom is 0.215 e. The first kappa shape index (κ1) is 12.6. The van der Waals surface area contributed by atoms with Gasteiger partial charge in [0.25, 0.3) is 0 Å². The van der Waals surface area contributed by atoms with Crippen molar-refractivity contribution in [3.05, 3.63) is 52.5 Å². The van der Waals surface area contributed by atoms with E-state index in [4.69, 9.17) is 15.4 Å². The normalized spacial score (nSPS) is 10.4. The fourth-order valence-corrected chi connectivity index (χ4v) is 2.42. The summed E-state index contributed by atoms with van der Waals surface area (Å²) in [6.07, 6.45) is 0. The van der Waals surface area contributed by atoms with Gasteiger partial charge in [-0.25, -0.2) is 0 Å². The van der Waals surface area contributed by atoms with E-state index in [9.17, 15) is 0 Å². The van der Waals surface area contributed by atoms with Crippen molar-refractivity contribution in [1.29, 1.82) is 5.26 Å². The molecule has 0 aliphatic rings. The Morgan fingerprint density at radius 1 is 1.20 bits per heavy atom. The molecule has 0 bridgehead atoms. The first-order chi connectivity index (χ1) is 9.67. The molecule has 0 spiro atoms. The zero-order valence-corrected chi connectivity index (χ0v) is 11.9. The van der Waals surface area contributed by atoms with Crippen LogP contribution in [-0.4, -0.2) is 0 Å². The van der Waals surface area contributed by atoms with E-state index in [1.165, 1.54) is 0 Å². The molecule has 0 saturated carbocycles. The Balaban J connectivity index is 2.08. The fourth-order valence-electron chi connectivity index (χ4n) is 2.02. The van der Waals surface area contributed by atoms with E-state index in [1.54, 1.807) is 12.1 Å². The minimum Gasteiger partial charge on any atom is -0.439 e. The molecule has 3 aromatic rings. The summed E-state index contributed by atoms with van der Waals surface area (Å²) in [5, 5.41) is 13.0. The zero-order valence-electron chi connectivity index (χ0n) is 10.4. The molecule has 1 heterocycles. The van der Waals surface area contributed by atoms with Crippen molar-refractivity contribution >= 4 is 44.2 Å². The van der Waals surface area contributed by atoms with Gasteiger partial charge in [0, 0.05) is 15.5 Å². The molecule has 98 valence electrons. The molecule has 0 radical (unpaired) electrons. The van der Waals surface area contributed by atoms with Gasteiger partial charge in [0.2, 0.25) is 5.88 Å². The minimum atomic E-state index is 0.301. The predicted octanol–water partition coefficient (Wildman–Crippen LogP) is 4.39. The van der Waals surface area contributed by atoms with Gasteiger partial charge in [-0.1, -0.05) is 22.0 Å². The Labute approximate surface area is 123 Å². The zero-order chi connectivity index (χ0) is 14.1.